The zero-order chi connectivity index (χ0) is 12.3. The number of rotatable bonds is 3. The molecule has 0 heterocycles. The molecular weight excluding hydrogens is 206 g/mol. The fraction of sp³-hybridized carbons (Fsp3) is 1.00. The molecule has 1 N–H and O–H groups in total. The minimum absolute atomic E-state index is 0.631. The highest BCUT2D eigenvalue weighted by atomic mass is 14.9. The van der Waals surface area contributed by atoms with E-state index in [1.165, 1.54) is 44.9 Å². The summed E-state index contributed by atoms with van der Waals surface area (Å²) in [7, 11) is 2.18. The third kappa shape index (κ3) is 1.69. The fourth-order valence-electron chi connectivity index (χ4n) is 6.87. The molecule has 1 heteroatoms. The maximum absolute atomic E-state index is 3.64. The molecule has 4 saturated carbocycles. The van der Waals surface area contributed by atoms with E-state index in [0.717, 1.165) is 12.0 Å². The van der Waals surface area contributed by atoms with Gasteiger partial charge in [-0.15, -0.1) is 0 Å². The van der Waals surface area contributed by atoms with Crippen LogP contribution in [0.3, 0.4) is 0 Å². The van der Waals surface area contributed by atoms with Crippen molar-refractivity contribution in [1.82, 2.24) is 5.32 Å². The van der Waals surface area contributed by atoms with E-state index < -0.39 is 0 Å². The molecule has 4 aliphatic rings. The zero-order valence-corrected chi connectivity index (χ0v) is 12.1. The van der Waals surface area contributed by atoms with Gasteiger partial charge in [-0.1, -0.05) is 20.8 Å². The number of hydrogen-bond donors (Lipinski definition) is 1. The summed E-state index contributed by atoms with van der Waals surface area (Å²) >= 11 is 0. The second kappa shape index (κ2) is 3.50. The Morgan fingerprint density at radius 1 is 1.06 bits per heavy atom. The van der Waals surface area contributed by atoms with E-state index in [0.29, 0.717) is 16.2 Å². The van der Waals surface area contributed by atoms with Crippen molar-refractivity contribution in [2.45, 2.75) is 71.8 Å². The minimum atomic E-state index is 0.631. The van der Waals surface area contributed by atoms with Crippen molar-refractivity contribution in [1.29, 1.82) is 0 Å². The van der Waals surface area contributed by atoms with Crippen molar-refractivity contribution in [2.75, 3.05) is 7.05 Å². The van der Waals surface area contributed by atoms with Gasteiger partial charge in [0.25, 0.3) is 0 Å². The van der Waals surface area contributed by atoms with Gasteiger partial charge < -0.3 is 5.32 Å². The molecule has 1 nitrogen and oxygen atoms in total. The van der Waals surface area contributed by atoms with Crippen molar-refractivity contribution in [2.24, 2.45) is 22.2 Å². The molecule has 3 unspecified atom stereocenters. The van der Waals surface area contributed by atoms with E-state index in [2.05, 4.69) is 33.1 Å². The summed E-state index contributed by atoms with van der Waals surface area (Å²) in [5.41, 5.74) is 1.96. The summed E-state index contributed by atoms with van der Waals surface area (Å²) in [4.78, 5) is 0. The van der Waals surface area contributed by atoms with Crippen LogP contribution in [0.2, 0.25) is 0 Å². The monoisotopic (exact) mass is 235 g/mol. The predicted molar refractivity (Wildman–Crippen MR) is 73.0 cm³/mol. The molecule has 0 saturated heterocycles. The highest BCUT2D eigenvalue weighted by Crippen LogP contribution is 2.70. The van der Waals surface area contributed by atoms with Crippen molar-refractivity contribution in [3.05, 3.63) is 0 Å². The van der Waals surface area contributed by atoms with Gasteiger partial charge in [0, 0.05) is 6.04 Å². The Balaban J connectivity index is 1.97. The summed E-state index contributed by atoms with van der Waals surface area (Å²) in [6, 6.07) is 0.754. The van der Waals surface area contributed by atoms with Crippen LogP contribution in [-0.4, -0.2) is 13.1 Å². The molecule has 98 valence electrons. The van der Waals surface area contributed by atoms with Crippen LogP contribution in [0.25, 0.3) is 0 Å². The number of nitrogens with one attached hydrogen (secondary N) is 1. The standard InChI is InChI=1S/C16H29N/c1-5-13(17-4)16-8-12-6-14(2,10-16)9-15(3,7-12)11-16/h12-13,17H,5-11H2,1-4H3. The molecule has 0 aliphatic heterocycles. The van der Waals surface area contributed by atoms with E-state index in [4.69, 9.17) is 0 Å². The van der Waals surface area contributed by atoms with Gasteiger partial charge in [-0.2, -0.15) is 0 Å². The molecule has 0 amide bonds. The van der Waals surface area contributed by atoms with Crippen LogP contribution >= 0.6 is 0 Å². The Labute approximate surface area is 107 Å². The van der Waals surface area contributed by atoms with Crippen LogP contribution in [0, 0.1) is 22.2 Å². The summed E-state index contributed by atoms with van der Waals surface area (Å²) < 4.78 is 0. The molecular formula is C16H29N. The first-order chi connectivity index (χ1) is 7.93. The van der Waals surface area contributed by atoms with Gasteiger partial charge in [-0.3, -0.25) is 0 Å². The second-order valence-electron chi connectivity index (χ2n) is 8.24. The lowest BCUT2D eigenvalue weighted by Crippen LogP contribution is -2.60. The van der Waals surface area contributed by atoms with Gasteiger partial charge in [-0.05, 0) is 74.2 Å². The van der Waals surface area contributed by atoms with E-state index in [-0.39, 0.29) is 0 Å². The first-order valence-electron chi connectivity index (χ1n) is 7.60. The largest absolute Gasteiger partial charge is 0.316 e. The zero-order valence-electron chi connectivity index (χ0n) is 12.1. The van der Waals surface area contributed by atoms with Gasteiger partial charge in [-0.25, -0.2) is 0 Å². The fourth-order valence-corrected chi connectivity index (χ4v) is 6.87. The van der Waals surface area contributed by atoms with Crippen molar-refractivity contribution in [3.8, 4) is 0 Å². The van der Waals surface area contributed by atoms with Crippen LogP contribution < -0.4 is 5.32 Å². The van der Waals surface area contributed by atoms with E-state index in [1.54, 1.807) is 0 Å². The van der Waals surface area contributed by atoms with Crippen LogP contribution in [-0.2, 0) is 0 Å². The predicted octanol–water partition coefficient (Wildman–Crippen LogP) is 3.98. The molecule has 4 fully saturated rings. The summed E-state index contributed by atoms with van der Waals surface area (Å²) in [5, 5.41) is 3.64. The third-order valence-electron chi connectivity index (χ3n) is 6.17. The van der Waals surface area contributed by atoms with Gasteiger partial charge in [0.05, 0.1) is 0 Å². The Bertz CT molecular complexity index is 299. The summed E-state index contributed by atoms with van der Waals surface area (Å²) in [5.74, 6) is 1.03. The smallest absolute Gasteiger partial charge is 0.0118 e. The van der Waals surface area contributed by atoms with Crippen molar-refractivity contribution in [3.63, 3.8) is 0 Å². The maximum atomic E-state index is 3.64. The van der Waals surface area contributed by atoms with Gasteiger partial charge >= 0.3 is 0 Å². The molecule has 0 radical (unpaired) electrons. The van der Waals surface area contributed by atoms with Crippen LogP contribution in [0.4, 0.5) is 0 Å². The van der Waals surface area contributed by atoms with Gasteiger partial charge in [0.2, 0.25) is 0 Å². The molecule has 4 rings (SSSR count). The molecule has 3 atom stereocenters. The molecule has 4 bridgehead atoms. The van der Waals surface area contributed by atoms with Crippen LogP contribution in [0.1, 0.15) is 65.7 Å². The summed E-state index contributed by atoms with van der Waals surface area (Å²) in [6.45, 7) is 7.52. The van der Waals surface area contributed by atoms with Crippen molar-refractivity contribution >= 4 is 0 Å². The SMILES string of the molecule is CCC(NC)C12CC3CC(C)(CC(C)(C3)C1)C2. The highest BCUT2D eigenvalue weighted by molar-refractivity contribution is 5.13. The highest BCUT2D eigenvalue weighted by Gasteiger charge is 2.61. The number of hydrogen-bond acceptors (Lipinski definition) is 1. The molecule has 17 heavy (non-hydrogen) atoms. The quantitative estimate of drug-likeness (QED) is 0.780. The third-order valence-corrected chi connectivity index (χ3v) is 6.17. The lowest BCUT2D eigenvalue weighted by molar-refractivity contribution is -0.157. The molecule has 0 aromatic carbocycles. The first kappa shape index (κ1) is 12.0. The van der Waals surface area contributed by atoms with E-state index >= 15 is 0 Å². The average molecular weight is 235 g/mol. The maximum Gasteiger partial charge on any atom is 0.0118 e. The average Bonchev–Trinajstić information content (AvgIpc) is 2.12. The lowest BCUT2D eigenvalue weighted by Gasteiger charge is -2.67. The van der Waals surface area contributed by atoms with Gasteiger partial charge in [0.15, 0.2) is 0 Å². The Hall–Kier alpha value is -0.0400. The molecule has 0 spiro atoms. The molecule has 0 aromatic heterocycles. The summed E-state index contributed by atoms with van der Waals surface area (Å²) in [6.07, 6.45) is 10.3. The Kier molecular flexibility index (Phi) is 2.47. The topological polar surface area (TPSA) is 12.0 Å². The van der Waals surface area contributed by atoms with Crippen LogP contribution in [0.15, 0.2) is 0 Å². The molecule has 4 aliphatic carbocycles. The second-order valence-corrected chi connectivity index (χ2v) is 8.24. The minimum Gasteiger partial charge on any atom is -0.316 e. The lowest BCUT2D eigenvalue weighted by atomic mass is 9.39. The van der Waals surface area contributed by atoms with Crippen LogP contribution in [0.5, 0.6) is 0 Å². The normalized spacial score (nSPS) is 54.0. The van der Waals surface area contributed by atoms with Crippen molar-refractivity contribution < 1.29 is 0 Å². The van der Waals surface area contributed by atoms with Gasteiger partial charge in [0.1, 0.15) is 0 Å². The Morgan fingerprint density at radius 2 is 1.65 bits per heavy atom. The van der Waals surface area contributed by atoms with E-state index in [9.17, 15) is 0 Å². The first-order valence-corrected chi connectivity index (χ1v) is 7.60. The molecule has 0 aromatic rings. The van der Waals surface area contributed by atoms with E-state index in [1.807, 2.05) is 0 Å². The Morgan fingerprint density at radius 3 is 2.06 bits per heavy atom.